The highest BCUT2D eigenvalue weighted by Gasteiger charge is 2.30. The van der Waals surface area contributed by atoms with Gasteiger partial charge >= 0.3 is 0 Å². The SMILES string of the molecule is CON1C[C@H](c2ccc(C)cc2)CC1=O. The number of carbonyl (C=O) groups is 1. The van der Waals surface area contributed by atoms with Crippen LogP contribution in [0.25, 0.3) is 0 Å². The van der Waals surface area contributed by atoms with E-state index in [1.165, 1.54) is 23.3 Å². The van der Waals surface area contributed by atoms with Gasteiger partial charge in [-0.1, -0.05) is 29.8 Å². The van der Waals surface area contributed by atoms with Crippen LogP contribution in [0.15, 0.2) is 24.3 Å². The van der Waals surface area contributed by atoms with E-state index in [0.29, 0.717) is 13.0 Å². The maximum atomic E-state index is 11.5. The van der Waals surface area contributed by atoms with E-state index in [1.807, 2.05) is 0 Å². The molecule has 1 atom stereocenters. The molecule has 0 saturated carbocycles. The zero-order chi connectivity index (χ0) is 10.8. The fraction of sp³-hybridized carbons (Fsp3) is 0.417. The second-order valence-corrected chi connectivity index (χ2v) is 3.95. The first-order valence-electron chi connectivity index (χ1n) is 5.11. The molecule has 1 aromatic rings. The number of amides is 1. The first-order valence-corrected chi connectivity index (χ1v) is 5.11. The van der Waals surface area contributed by atoms with Crippen LogP contribution in [0.2, 0.25) is 0 Å². The van der Waals surface area contributed by atoms with E-state index in [-0.39, 0.29) is 11.8 Å². The van der Waals surface area contributed by atoms with Gasteiger partial charge in [-0.05, 0) is 12.5 Å². The summed E-state index contributed by atoms with van der Waals surface area (Å²) in [7, 11) is 1.54. The molecule has 0 aliphatic carbocycles. The predicted octanol–water partition coefficient (Wildman–Crippen LogP) is 1.87. The molecule has 0 aromatic heterocycles. The summed E-state index contributed by atoms with van der Waals surface area (Å²) < 4.78 is 0. The van der Waals surface area contributed by atoms with Crippen molar-refractivity contribution in [3.63, 3.8) is 0 Å². The van der Waals surface area contributed by atoms with Crippen LogP contribution in [0.4, 0.5) is 0 Å². The highest BCUT2D eigenvalue weighted by atomic mass is 16.7. The number of hydroxylamine groups is 2. The Morgan fingerprint density at radius 3 is 2.53 bits per heavy atom. The molecule has 15 heavy (non-hydrogen) atoms. The van der Waals surface area contributed by atoms with Crippen molar-refractivity contribution in [2.45, 2.75) is 19.3 Å². The lowest BCUT2D eigenvalue weighted by Crippen LogP contribution is -2.23. The monoisotopic (exact) mass is 205 g/mol. The van der Waals surface area contributed by atoms with Crippen molar-refractivity contribution in [2.24, 2.45) is 0 Å². The van der Waals surface area contributed by atoms with Crippen LogP contribution in [-0.4, -0.2) is 24.6 Å². The highest BCUT2D eigenvalue weighted by molar-refractivity contribution is 5.78. The summed E-state index contributed by atoms with van der Waals surface area (Å²) in [6.45, 7) is 2.73. The summed E-state index contributed by atoms with van der Waals surface area (Å²) in [5.41, 5.74) is 2.46. The average molecular weight is 205 g/mol. The van der Waals surface area contributed by atoms with Gasteiger partial charge in [0.25, 0.3) is 0 Å². The van der Waals surface area contributed by atoms with Crippen LogP contribution in [-0.2, 0) is 9.63 Å². The number of carbonyl (C=O) groups excluding carboxylic acids is 1. The van der Waals surface area contributed by atoms with Gasteiger partial charge in [0.05, 0.1) is 13.7 Å². The normalized spacial score (nSPS) is 21.1. The third kappa shape index (κ3) is 2.02. The van der Waals surface area contributed by atoms with Gasteiger partial charge in [-0.3, -0.25) is 9.63 Å². The van der Waals surface area contributed by atoms with Crippen LogP contribution in [0.1, 0.15) is 23.5 Å². The van der Waals surface area contributed by atoms with Crippen LogP contribution in [0.3, 0.4) is 0 Å². The predicted molar refractivity (Wildman–Crippen MR) is 57.3 cm³/mol. The molecule has 0 bridgehead atoms. The topological polar surface area (TPSA) is 29.5 Å². The fourth-order valence-corrected chi connectivity index (χ4v) is 1.92. The van der Waals surface area contributed by atoms with E-state index in [0.717, 1.165) is 0 Å². The van der Waals surface area contributed by atoms with Gasteiger partial charge in [0, 0.05) is 12.3 Å². The van der Waals surface area contributed by atoms with Gasteiger partial charge in [0.15, 0.2) is 0 Å². The minimum atomic E-state index is 0.0723. The number of rotatable bonds is 2. The molecule has 1 saturated heterocycles. The van der Waals surface area contributed by atoms with Gasteiger partial charge in [-0.2, -0.15) is 0 Å². The fourth-order valence-electron chi connectivity index (χ4n) is 1.92. The molecule has 0 N–H and O–H groups in total. The highest BCUT2D eigenvalue weighted by Crippen LogP contribution is 2.27. The zero-order valence-electron chi connectivity index (χ0n) is 9.06. The number of hydrogen-bond acceptors (Lipinski definition) is 2. The van der Waals surface area contributed by atoms with E-state index < -0.39 is 0 Å². The molecule has 1 heterocycles. The molecule has 80 valence electrons. The van der Waals surface area contributed by atoms with Crippen molar-refractivity contribution in [3.05, 3.63) is 35.4 Å². The van der Waals surface area contributed by atoms with E-state index in [2.05, 4.69) is 31.2 Å². The Labute approximate surface area is 89.6 Å². The summed E-state index contributed by atoms with van der Waals surface area (Å²) in [5.74, 6) is 0.348. The Hall–Kier alpha value is -1.35. The first kappa shape index (κ1) is 10.2. The number of benzene rings is 1. The van der Waals surface area contributed by atoms with Crippen molar-refractivity contribution >= 4 is 5.91 Å². The van der Waals surface area contributed by atoms with Gasteiger partial charge in [-0.15, -0.1) is 0 Å². The van der Waals surface area contributed by atoms with Crippen LogP contribution in [0.5, 0.6) is 0 Å². The van der Waals surface area contributed by atoms with Gasteiger partial charge in [-0.25, -0.2) is 5.06 Å². The summed E-state index contributed by atoms with van der Waals surface area (Å²) in [6, 6.07) is 8.34. The molecular weight excluding hydrogens is 190 g/mol. The van der Waals surface area contributed by atoms with E-state index in [1.54, 1.807) is 0 Å². The average Bonchev–Trinajstić information content (AvgIpc) is 2.61. The van der Waals surface area contributed by atoms with Crippen molar-refractivity contribution in [2.75, 3.05) is 13.7 Å². The van der Waals surface area contributed by atoms with E-state index in [4.69, 9.17) is 4.84 Å². The Morgan fingerprint density at radius 1 is 1.33 bits per heavy atom. The number of aryl methyl sites for hydroxylation is 1. The second kappa shape index (κ2) is 4.03. The first-order chi connectivity index (χ1) is 7.20. The Bertz CT molecular complexity index is 358. The summed E-state index contributed by atoms with van der Waals surface area (Å²) in [4.78, 5) is 16.4. The number of hydrogen-bond donors (Lipinski definition) is 0. The molecule has 1 fully saturated rings. The molecule has 3 nitrogen and oxygen atoms in total. The quantitative estimate of drug-likeness (QED) is 0.737. The van der Waals surface area contributed by atoms with Crippen molar-refractivity contribution in [1.82, 2.24) is 5.06 Å². The van der Waals surface area contributed by atoms with E-state index >= 15 is 0 Å². The molecule has 1 aliphatic rings. The molecule has 0 unspecified atom stereocenters. The minimum absolute atomic E-state index is 0.0723. The third-order valence-corrected chi connectivity index (χ3v) is 2.85. The zero-order valence-corrected chi connectivity index (χ0v) is 9.06. The second-order valence-electron chi connectivity index (χ2n) is 3.95. The van der Waals surface area contributed by atoms with Gasteiger partial charge < -0.3 is 0 Å². The maximum absolute atomic E-state index is 11.5. The van der Waals surface area contributed by atoms with E-state index in [9.17, 15) is 4.79 Å². The minimum Gasteiger partial charge on any atom is -0.274 e. The molecule has 0 radical (unpaired) electrons. The lowest BCUT2D eigenvalue weighted by molar-refractivity contribution is -0.167. The standard InChI is InChI=1S/C12H15NO2/c1-9-3-5-10(6-4-9)11-7-12(14)13(8-11)15-2/h3-6,11H,7-8H2,1-2H3/t11-/m1/s1. The Morgan fingerprint density at radius 2 is 2.00 bits per heavy atom. The summed E-state index contributed by atoms with van der Waals surface area (Å²) in [5, 5.41) is 1.44. The lowest BCUT2D eigenvalue weighted by Gasteiger charge is -2.12. The maximum Gasteiger partial charge on any atom is 0.246 e. The van der Waals surface area contributed by atoms with Crippen LogP contribution < -0.4 is 0 Å². The number of nitrogens with zero attached hydrogens (tertiary/aromatic N) is 1. The summed E-state index contributed by atoms with van der Waals surface area (Å²) in [6.07, 6.45) is 0.552. The molecule has 2 rings (SSSR count). The largest absolute Gasteiger partial charge is 0.274 e. The third-order valence-electron chi connectivity index (χ3n) is 2.85. The smallest absolute Gasteiger partial charge is 0.246 e. The van der Waals surface area contributed by atoms with Crippen LogP contribution >= 0.6 is 0 Å². The Balaban J connectivity index is 2.13. The summed E-state index contributed by atoms with van der Waals surface area (Å²) >= 11 is 0. The van der Waals surface area contributed by atoms with Gasteiger partial charge in [0.1, 0.15) is 0 Å². The lowest BCUT2D eigenvalue weighted by atomic mass is 9.97. The van der Waals surface area contributed by atoms with Crippen molar-refractivity contribution in [1.29, 1.82) is 0 Å². The molecule has 3 heteroatoms. The van der Waals surface area contributed by atoms with Gasteiger partial charge in [0.2, 0.25) is 5.91 Å². The Kier molecular flexibility index (Phi) is 2.73. The molecule has 1 amide bonds. The molecular formula is C12H15NO2. The van der Waals surface area contributed by atoms with Crippen molar-refractivity contribution in [3.8, 4) is 0 Å². The molecule has 1 aromatic carbocycles. The van der Waals surface area contributed by atoms with Crippen molar-refractivity contribution < 1.29 is 9.63 Å². The molecule has 0 spiro atoms. The molecule has 1 aliphatic heterocycles. The van der Waals surface area contributed by atoms with Crippen LogP contribution in [0, 0.1) is 6.92 Å².